The third kappa shape index (κ3) is 2.59. The zero-order chi connectivity index (χ0) is 6.62. The van der Waals surface area contributed by atoms with E-state index in [1.807, 2.05) is 0 Å². The SMILES string of the molecule is C=CCC(C)([O-])C=C. The molecule has 1 heteroatoms. The molecule has 1 nitrogen and oxygen atoms in total. The molecular weight excluding hydrogens is 100 g/mol. The van der Waals surface area contributed by atoms with Crippen LogP contribution in [0.3, 0.4) is 0 Å². The molecule has 8 heavy (non-hydrogen) atoms. The lowest BCUT2D eigenvalue weighted by atomic mass is 10.0. The second-order valence-electron chi connectivity index (χ2n) is 2.01. The van der Waals surface area contributed by atoms with Crippen molar-refractivity contribution >= 4 is 0 Å². The summed E-state index contributed by atoms with van der Waals surface area (Å²) in [5, 5.41) is 10.9. The molecule has 0 rings (SSSR count). The summed E-state index contributed by atoms with van der Waals surface area (Å²) in [7, 11) is 0. The molecule has 0 aromatic heterocycles. The Balaban J connectivity index is 3.70. The lowest BCUT2D eigenvalue weighted by molar-refractivity contribution is -0.451. The van der Waals surface area contributed by atoms with Crippen LogP contribution in [0.2, 0.25) is 0 Å². The van der Waals surface area contributed by atoms with Crippen LogP contribution >= 0.6 is 0 Å². The van der Waals surface area contributed by atoms with E-state index in [1.54, 1.807) is 13.0 Å². The summed E-state index contributed by atoms with van der Waals surface area (Å²) in [4.78, 5) is 0. The van der Waals surface area contributed by atoms with Gasteiger partial charge in [-0.1, -0.05) is 18.6 Å². The molecule has 0 bridgehead atoms. The van der Waals surface area contributed by atoms with Gasteiger partial charge in [0.2, 0.25) is 0 Å². The highest BCUT2D eigenvalue weighted by Crippen LogP contribution is 2.04. The molecule has 0 radical (unpaired) electrons. The van der Waals surface area contributed by atoms with E-state index in [9.17, 15) is 5.11 Å². The fourth-order valence-corrected chi connectivity index (χ4v) is 0.370. The van der Waals surface area contributed by atoms with Crippen molar-refractivity contribution in [2.75, 3.05) is 0 Å². The molecule has 0 aliphatic carbocycles. The summed E-state index contributed by atoms with van der Waals surface area (Å²) in [6.45, 7) is 8.42. The van der Waals surface area contributed by atoms with Crippen molar-refractivity contribution in [3.8, 4) is 0 Å². The van der Waals surface area contributed by atoms with E-state index >= 15 is 0 Å². The summed E-state index contributed by atoms with van der Waals surface area (Å²) >= 11 is 0. The van der Waals surface area contributed by atoms with Crippen molar-refractivity contribution in [1.82, 2.24) is 0 Å². The van der Waals surface area contributed by atoms with Crippen LogP contribution in [-0.4, -0.2) is 5.60 Å². The van der Waals surface area contributed by atoms with Crippen molar-refractivity contribution in [2.24, 2.45) is 0 Å². The molecule has 0 spiro atoms. The van der Waals surface area contributed by atoms with E-state index in [0.717, 1.165) is 0 Å². The van der Waals surface area contributed by atoms with Gasteiger partial charge in [-0.2, -0.15) is 0 Å². The Morgan fingerprint density at radius 2 is 2.12 bits per heavy atom. The Bertz CT molecular complexity index is 92.6. The van der Waals surface area contributed by atoms with E-state index < -0.39 is 5.60 Å². The minimum absolute atomic E-state index is 0.455. The average Bonchev–Trinajstić information content (AvgIpc) is 1.67. The van der Waals surface area contributed by atoms with E-state index in [1.165, 1.54) is 6.08 Å². The van der Waals surface area contributed by atoms with Crippen molar-refractivity contribution in [1.29, 1.82) is 0 Å². The first-order chi connectivity index (χ1) is 3.62. The van der Waals surface area contributed by atoms with Gasteiger partial charge in [0.1, 0.15) is 0 Å². The predicted octanol–water partition coefficient (Wildman–Crippen LogP) is 0.867. The summed E-state index contributed by atoms with van der Waals surface area (Å²) in [6, 6.07) is 0. The highest BCUT2D eigenvalue weighted by molar-refractivity contribution is 4.94. The summed E-state index contributed by atoms with van der Waals surface area (Å²) in [5.41, 5.74) is -1.01. The molecule has 1 atom stereocenters. The highest BCUT2D eigenvalue weighted by Gasteiger charge is 1.98. The van der Waals surface area contributed by atoms with Gasteiger partial charge in [0, 0.05) is 0 Å². The van der Waals surface area contributed by atoms with Crippen LogP contribution in [0, 0.1) is 0 Å². The van der Waals surface area contributed by atoms with Gasteiger partial charge < -0.3 is 5.11 Å². The van der Waals surface area contributed by atoms with Crippen LogP contribution in [0.4, 0.5) is 0 Å². The first kappa shape index (κ1) is 7.44. The predicted molar refractivity (Wildman–Crippen MR) is 33.4 cm³/mol. The zero-order valence-corrected chi connectivity index (χ0v) is 5.18. The fraction of sp³-hybridized carbons (Fsp3) is 0.429. The van der Waals surface area contributed by atoms with E-state index in [-0.39, 0.29) is 0 Å². The van der Waals surface area contributed by atoms with Crippen LogP contribution in [0.1, 0.15) is 13.3 Å². The van der Waals surface area contributed by atoms with Gasteiger partial charge in [-0.3, -0.25) is 0 Å². The molecule has 0 aliphatic heterocycles. The third-order valence-electron chi connectivity index (χ3n) is 0.981. The minimum Gasteiger partial charge on any atom is -0.846 e. The lowest BCUT2D eigenvalue weighted by Crippen LogP contribution is -2.36. The Labute approximate surface area is 50.3 Å². The Morgan fingerprint density at radius 1 is 1.62 bits per heavy atom. The summed E-state index contributed by atoms with van der Waals surface area (Å²) < 4.78 is 0. The molecule has 0 aromatic carbocycles. The van der Waals surface area contributed by atoms with Crippen molar-refractivity contribution in [2.45, 2.75) is 18.9 Å². The first-order valence-corrected chi connectivity index (χ1v) is 2.57. The fourth-order valence-electron chi connectivity index (χ4n) is 0.370. The molecule has 46 valence electrons. The molecule has 0 N–H and O–H groups in total. The second-order valence-corrected chi connectivity index (χ2v) is 2.01. The zero-order valence-electron chi connectivity index (χ0n) is 5.18. The maximum atomic E-state index is 10.9. The molecule has 1 unspecified atom stereocenters. The largest absolute Gasteiger partial charge is 0.846 e. The van der Waals surface area contributed by atoms with Gasteiger partial charge in [-0.15, -0.1) is 19.2 Å². The molecule has 0 aliphatic rings. The molecular formula is C7H11O-. The van der Waals surface area contributed by atoms with Crippen LogP contribution in [0.15, 0.2) is 25.3 Å². The third-order valence-corrected chi connectivity index (χ3v) is 0.981. The average molecular weight is 111 g/mol. The van der Waals surface area contributed by atoms with Crippen LogP contribution in [0.5, 0.6) is 0 Å². The molecule has 0 aromatic rings. The number of hydrogen-bond acceptors (Lipinski definition) is 1. The molecule has 0 amide bonds. The highest BCUT2D eigenvalue weighted by atomic mass is 16.3. The topological polar surface area (TPSA) is 23.1 Å². The monoisotopic (exact) mass is 111 g/mol. The Kier molecular flexibility index (Phi) is 2.49. The quantitative estimate of drug-likeness (QED) is 0.495. The number of hydrogen-bond donors (Lipinski definition) is 0. The number of rotatable bonds is 3. The van der Waals surface area contributed by atoms with Crippen molar-refractivity contribution in [3.05, 3.63) is 25.3 Å². The van der Waals surface area contributed by atoms with Gasteiger partial charge in [-0.05, 0) is 6.42 Å². The first-order valence-electron chi connectivity index (χ1n) is 2.57. The molecule has 0 fully saturated rings. The van der Waals surface area contributed by atoms with Crippen LogP contribution in [-0.2, 0) is 0 Å². The van der Waals surface area contributed by atoms with Crippen molar-refractivity contribution in [3.63, 3.8) is 0 Å². The molecule has 0 saturated heterocycles. The van der Waals surface area contributed by atoms with Gasteiger partial charge in [-0.25, -0.2) is 0 Å². The lowest BCUT2D eigenvalue weighted by Gasteiger charge is -2.30. The van der Waals surface area contributed by atoms with E-state index in [0.29, 0.717) is 6.42 Å². The standard InChI is InChI=1S/C7H11O/c1-4-6-7(3,8)5-2/h4-5H,1-2,6H2,3H3/q-1. The maximum absolute atomic E-state index is 10.9. The van der Waals surface area contributed by atoms with Crippen LogP contribution < -0.4 is 5.11 Å². The second kappa shape index (κ2) is 2.68. The maximum Gasteiger partial charge on any atom is -0.0418 e. The van der Waals surface area contributed by atoms with E-state index in [4.69, 9.17) is 0 Å². The van der Waals surface area contributed by atoms with Crippen molar-refractivity contribution < 1.29 is 5.11 Å². The Morgan fingerprint density at radius 3 is 2.25 bits per heavy atom. The van der Waals surface area contributed by atoms with Gasteiger partial charge >= 0.3 is 0 Å². The van der Waals surface area contributed by atoms with E-state index in [2.05, 4.69) is 13.2 Å². The normalized spacial score (nSPS) is 16.8. The van der Waals surface area contributed by atoms with Gasteiger partial charge in [0.05, 0.1) is 0 Å². The van der Waals surface area contributed by atoms with Gasteiger partial charge in [0.15, 0.2) is 0 Å². The van der Waals surface area contributed by atoms with Gasteiger partial charge in [0.25, 0.3) is 0 Å². The Hall–Kier alpha value is -0.560. The minimum atomic E-state index is -1.01. The van der Waals surface area contributed by atoms with Crippen LogP contribution in [0.25, 0.3) is 0 Å². The molecule has 0 saturated carbocycles. The molecule has 0 heterocycles. The smallest absolute Gasteiger partial charge is 0.0418 e. The summed E-state index contributed by atoms with van der Waals surface area (Å²) in [5.74, 6) is 0. The summed E-state index contributed by atoms with van der Waals surface area (Å²) in [6.07, 6.45) is 3.46.